The molecule has 1 unspecified atom stereocenters. The number of hydrogen-bond donors (Lipinski definition) is 0. The third-order valence-electron chi connectivity index (χ3n) is 1.96. The van der Waals surface area contributed by atoms with Gasteiger partial charge >= 0.3 is 0 Å². The van der Waals surface area contributed by atoms with Crippen LogP contribution >= 0.6 is 22.9 Å². The lowest BCUT2D eigenvalue weighted by molar-refractivity contribution is 0.0143. The predicted octanol–water partition coefficient (Wildman–Crippen LogP) is 3.00. The average molecular weight is 250 g/mol. The number of methoxy groups -OCH3 is 1. The Bertz CT molecular complexity index is 280. The van der Waals surface area contributed by atoms with Gasteiger partial charge in [-0.2, -0.15) is 0 Å². The first kappa shape index (κ1) is 12.9. The molecule has 1 aromatic heterocycles. The largest absolute Gasteiger partial charge is 0.382 e. The first-order valence-electron chi connectivity index (χ1n) is 4.92. The number of hydrogen-bond acceptors (Lipinski definition) is 4. The smallest absolute Gasteiger partial charge is 0.122 e. The van der Waals surface area contributed by atoms with Crippen molar-refractivity contribution in [1.82, 2.24) is 4.98 Å². The van der Waals surface area contributed by atoms with Crippen molar-refractivity contribution in [3.8, 4) is 0 Å². The SMILES string of the molecule is CCC(OCCOC)c1nc(CCl)cs1. The summed E-state index contributed by atoms with van der Waals surface area (Å²) < 4.78 is 10.6. The van der Waals surface area contributed by atoms with Gasteiger partial charge in [0.05, 0.1) is 24.8 Å². The van der Waals surface area contributed by atoms with Crippen molar-refractivity contribution in [2.24, 2.45) is 0 Å². The van der Waals surface area contributed by atoms with Crippen LogP contribution in [0.4, 0.5) is 0 Å². The van der Waals surface area contributed by atoms with E-state index < -0.39 is 0 Å². The Morgan fingerprint density at radius 1 is 1.53 bits per heavy atom. The van der Waals surface area contributed by atoms with E-state index in [0.717, 1.165) is 17.1 Å². The normalized spacial score (nSPS) is 13.0. The van der Waals surface area contributed by atoms with Gasteiger partial charge in [0.25, 0.3) is 0 Å². The van der Waals surface area contributed by atoms with Crippen molar-refractivity contribution < 1.29 is 9.47 Å². The fourth-order valence-electron chi connectivity index (χ4n) is 1.17. The van der Waals surface area contributed by atoms with Crippen molar-refractivity contribution in [2.45, 2.75) is 25.3 Å². The maximum atomic E-state index is 5.70. The predicted molar refractivity (Wildman–Crippen MR) is 62.5 cm³/mol. The second-order valence-corrected chi connectivity index (χ2v) is 4.23. The molecule has 0 saturated heterocycles. The van der Waals surface area contributed by atoms with E-state index in [1.54, 1.807) is 18.4 Å². The topological polar surface area (TPSA) is 31.4 Å². The van der Waals surface area contributed by atoms with Crippen molar-refractivity contribution in [1.29, 1.82) is 0 Å². The van der Waals surface area contributed by atoms with Gasteiger partial charge in [-0.15, -0.1) is 22.9 Å². The highest BCUT2D eigenvalue weighted by Gasteiger charge is 2.13. The molecule has 0 radical (unpaired) electrons. The minimum Gasteiger partial charge on any atom is -0.382 e. The Hall–Kier alpha value is -0.160. The van der Waals surface area contributed by atoms with Gasteiger partial charge in [-0.05, 0) is 6.42 Å². The third-order valence-corrected chi connectivity index (χ3v) is 3.22. The van der Waals surface area contributed by atoms with E-state index in [9.17, 15) is 0 Å². The lowest BCUT2D eigenvalue weighted by atomic mass is 10.3. The molecule has 3 nitrogen and oxygen atoms in total. The third kappa shape index (κ3) is 4.07. The Morgan fingerprint density at radius 2 is 2.33 bits per heavy atom. The summed E-state index contributed by atoms with van der Waals surface area (Å²) in [6.45, 7) is 3.30. The molecule has 0 fully saturated rings. The zero-order valence-electron chi connectivity index (χ0n) is 9.03. The second kappa shape index (κ2) is 7.17. The minimum atomic E-state index is 0.0714. The number of halogens is 1. The van der Waals surface area contributed by atoms with E-state index in [1.807, 2.05) is 5.38 Å². The molecular weight excluding hydrogens is 234 g/mol. The van der Waals surface area contributed by atoms with Crippen molar-refractivity contribution >= 4 is 22.9 Å². The number of nitrogens with zero attached hydrogens (tertiary/aromatic N) is 1. The molecule has 15 heavy (non-hydrogen) atoms. The fraction of sp³-hybridized carbons (Fsp3) is 0.700. The van der Waals surface area contributed by atoms with E-state index in [0.29, 0.717) is 19.1 Å². The Labute approximate surface area is 99.4 Å². The summed E-state index contributed by atoms with van der Waals surface area (Å²) in [4.78, 5) is 4.40. The standard InChI is InChI=1S/C10H16ClNO2S/c1-3-9(14-5-4-13-2)10-12-8(6-11)7-15-10/h7,9H,3-6H2,1-2H3. The van der Waals surface area contributed by atoms with Crippen LogP contribution in [0.25, 0.3) is 0 Å². The summed E-state index contributed by atoms with van der Waals surface area (Å²) in [5, 5.41) is 2.98. The van der Waals surface area contributed by atoms with Crippen LogP contribution < -0.4 is 0 Å². The van der Waals surface area contributed by atoms with Crippen LogP contribution in [-0.2, 0) is 15.4 Å². The maximum absolute atomic E-state index is 5.70. The molecule has 1 rings (SSSR count). The lowest BCUT2D eigenvalue weighted by Crippen LogP contribution is -2.08. The molecular formula is C10H16ClNO2S. The Morgan fingerprint density at radius 3 is 2.87 bits per heavy atom. The molecule has 1 heterocycles. The quantitative estimate of drug-likeness (QED) is 0.550. The lowest BCUT2D eigenvalue weighted by Gasteiger charge is -2.12. The number of ether oxygens (including phenoxy) is 2. The van der Waals surface area contributed by atoms with Crippen molar-refractivity contribution in [3.63, 3.8) is 0 Å². The summed E-state index contributed by atoms with van der Waals surface area (Å²) >= 11 is 7.30. The van der Waals surface area contributed by atoms with Gasteiger partial charge in [-0.25, -0.2) is 4.98 Å². The van der Waals surface area contributed by atoms with Crippen LogP contribution in [0, 0.1) is 0 Å². The minimum absolute atomic E-state index is 0.0714. The highest BCUT2D eigenvalue weighted by atomic mass is 35.5. The zero-order valence-corrected chi connectivity index (χ0v) is 10.6. The summed E-state index contributed by atoms with van der Waals surface area (Å²) in [5.41, 5.74) is 0.922. The first-order valence-corrected chi connectivity index (χ1v) is 6.34. The Kier molecular flexibility index (Phi) is 6.17. The van der Waals surface area contributed by atoms with E-state index in [4.69, 9.17) is 21.1 Å². The van der Waals surface area contributed by atoms with E-state index in [2.05, 4.69) is 11.9 Å². The highest BCUT2D eigenvalue weighted by molar-refractivity contribution is 7.09. The molecule has 1 atom stereocenters. The number of aromatic nitrogens is 1. The first-order chi connectivity index (χ1) is 7.31. The van der Waals surface area contributed by atoms with Crippen LogP contribution in [0.15, 0.2) is 5.38 Å². The summed E-state index contributed by atoms with van der Waals surface area (Å²) in [5.74, 6) is 0.463. The molecule has 0 spiro atoms. The molecule has 0 N–H and O–H groups in total. The summed E-state index contributed by atoms with van der Waals surface area (Å²) in [7, 11) is 1.67. The number of rotatable bonds is 7. The fourth-order valence-corrected chi connectivity index (χ4v) is 2.35. The monoisotopic (exact) mass is 249 g/mol. The van der Waals surface area contributed by atoms with Crippen molar-refractivity contribution in [3.05, 3.63) is 16.1 Å². The van der Waals surface area contributed by atoms with E-state index in [1.165, 1.54) is 0 Å². The zero-order chi connectivity index (χ0) is 11.1. The van der Waals surface area contributed by atoms with Crippen LogP contribution in [-0.4, -0.2) is 25.3 Å². The van der Waals surface area contributed by atoms with Crippen LogP contribution in [0.5, 0.6) is 0 Å². The van der Waals surface area contributed by atoms with Gasteiger partial charge in [0.15, 0.2) is 0 Å². The van der Waals surface area contributed by atoms with Crippen LogP contribution in [0.1, 0.15) is 30.2 Å². The molecule has 0 amide bonds. The maximum Gasteiger partial charge on any atom is 0.122 e. The van der Waals surface area contributed by atoms with Gasteiger partial charge in [0.2, 0.25) is 0 Å². The summed E-state index contributed by atoms with van der Waals surface area (Å²) in [6, 6.07) is 0. The molecule has 0 bridgehead atoms. The van der Waals surface area contributed by atoms with Gasteiger partial charge in [0.1, 0.15) is 11.1 Å². The molecule has 5 heteroatoms. The molecule has 0 saturated carbocycles. The van der Waals surface area contributed by atoms with Crippen LogP contribution in [0.3, 0.4) is 0 Å². The molecule has 0 aliphatic heterocycles. The van der Waals surface area contributed by atoms with Crippen molar-refractivity contribution in [2.75, 3.05) is 20.3 Å². The van der Waals surface area contributed by atoms with Gasteiger partial charge in [-0.1, -0.05) is 6.92 Å². The highest BCUT2D eigenvalue weighted by Crippen LogP contribution is 2.24. The summed E-state index contributed by atoms with van der Waals surface area (Å²) in [6.07, 6.45) is 0.987. The Balaban J connectivity index is 2.49. The van der Waals surface area contributed by atoms with E-state index >= 15 is 0 Å². The second-order valence-electron chi connectivity index (χ2n) is 3.07. The number of alkyl halides is 1. The van der Waals surface area contributed by atoms with Crippen LogP contribution in [0.2, 0.25) is 0 Å². The molecule has 0 aromatic carbocycles. The molecule has 1 aromatic rings. The molecule has 0 aliphatic carbocycles. The molecule has 0 aliphatic rings. The van der Waals surface area contributed by atoms with Gasteiger partial charge in [-0.3, -0.25) is 0 Å². The number of thiazole rings is 1. The van der Waals surface area contributed by atoms with Gasteiger partial charge < -0.3 is 9.47 Å². The average Bonchev–Trinajstić information content (AvgIpc) is 2.73. The van der Waals surface area contributed by atoms with Gasteiger partial charge in [0, 0.05) is 12.5 Å². The molecule has 86 valence electrons. The van der Waals surface area contributed by atoms with E-state index in [-0.39, 0.29) is 6.10 Å².